The molecular weight excluding hydrogens is 837 g/mol. The number of carbonyl (C=O) groups is 7. The fourth-order valence-corrected chi connectivity index (χ4v) is 8.81. The van der Waals surface area contributed by atoms with E-state index >= 15 is 0 Å². The van der Waals surface area contributed by atoms with Crippen LogP contribution in [0.4, 0.5) is 0 Å². The van der Waals surface area contributed by atoms with Gasteiger partial charge in [-0.15, -0.1) is 0 Å². The Morgan fingerprint density at radius 2 is 1.55 bits per heavy atom. The van der Waals surface area contributed by atoms with Gasteiger partial charge in [-0.25, -0.2) is 4.79 Å². The Balaban J connectivity index is 2.31. The van der Waals surface area contributed by atoms with Gasteiger partial charge in [0.05, 0.1) is 55.8 Å². The standard InChI is InChI=1S/C48H80N6O11/c1-14-33(8)43(52(11)47(61)41(30(2)3)50-46(60)42(31(4)5)51(10)32(6)7)38(63-12)28-39(56)54-22-18-21-37(54)44(64-13)34(9)45(59)49-36(27-35-19-16-15-17-20-35)48(62)65-26-24-53(23-25-55)29-40(57)58/h15-17,19-20,25,30-34,36-38,41-44H,14,18,21-24,26-29H2,1-13H3,(H,49,59)(H,50,60)(H,57,58)/t33?,34?,36?,37?,38?,41-,42?,43?,44?/m0/s1. The van der Waals surface area contributed by atoms with Crippen molar-refractivity contribution in [2.24, 2.45) is 23.7 Å². The average molecular weight is 917 g/mol. The normalized spacial score (nSPS) is 17.9. The Morgan fingerprint density at radius 3 is 2.08 bits per heavy atom. The summed E-state index contributed by atoms with van der Waals surface area (Å²) < 4.78 is 17.5. The van der Waals surface area contributed by atoms with E-state index in [2.05, 4.69) is 10.6 Å². The number of rotatable bonds is 29. The topological polar surface area (TPSA) is 204 Å². The van der Waals surface area contributed by atoms with Gasteiger partial charge < -0.3 is 44.5 Å². The second-order valence-corrected chi connectivity index (χ2v) is 18.5. The molecule has 1 aliphatic rings. The lowest BCUT2D eigenvalue weighted by molar-refractivity contribution is -0.150. The van der Waals surface area contributed by atoms with Crippen molar-refractivity contribution < 1.29 is 52.9 Å². The molecule has 0 bridgehead atoms. The fourth-order valence-electron chi connectivity index (χ4n) is 8.81. The molecule has 1 saturated heterocycles. The molecule has 17 nitrogen and oxygen atoms in total. The Bertz CT molecular complexity index is 1680. The second-order valence-electron chi connectivity index (χ2n) is 18.5. The van der Waals surface area contributed by atoms with Crippen LogP contribution in [0.1, 0.15) is 93.6 Å². The van der Waals surface area contributed by atoms with Gasteiger partial charge in [-0.05, 0) is 57.1 Å². The van der Waals surface area contributed by atoms with Crippen molar-refractivity contribution in [3.05, 3.63) is 35.9 Å². The summed E-state index contributed by atoms with van der Waals surface area (Å²) in [6, 6.07) is 5.84. The zero-order chi connectivity index (χ0) is 49.1. The van der Waals surface area contributed by atoms with Gasteiger partial charge in [0.25, 0.3) is 0 Å². The number of carboxylic acid groups (broad SMARTS) is 1. The largest absolute Gasteiger partial charge is 0.480 e. The molecule has 1 heterocycles. The maximum absolute atomic E-state index is 14.4. The summed E-state index contributed by atoms with van der Waals surface area (Å²) in [6.45, 7) is 17.2. The minimum Gasteiger partial charge on any atom is -0.480 e. The highest BCUT2D eigenvalue weighted by Crippen LogP contribution is 2.30. The van der Waals surface area contributed by atoms with Gasteiger partial charge in [0.15, 0.2) is 0 Å². The van der Waals surface area contributed by atoms with Gasteiger partial charge in [-0.3, -0.25) is 33.8 Å². The van der Waals surface area contributed by atoms with Crippen LogP contribution in [0.2, 0.25) is 0 Å². The lowest BCUT2D eigenvalue weighted by Crippen LogP contribution is -2.60. The maximum Gasteiger partial charge on any atom is 0.329 e. The van der Waals surface area contributed by atoms with E-state index in [1.54, 1.807) is 23.8 Å². The molecule has 0 aromatic heterocycles. The number of esters is 1. The zero-order valence-electron chi connectivity index (χ0n) is 41.3. The monoisotopic (exact) mass is 917 g/mol. The molecule has 17 heteroatoms. The van der Waals surface area contributed by atoms with E-state index in [9.17, 15) is 38.7 Å². The molecule has 0 radical (unpaired) electrons. The number of methoxy groups -OCH3 is 2. The van der Waals surface area contributed by atoms with Crippen molar-refractivity contribution in [2.45, 2.75) is 143 Å². The lowest BCUT2D eigenvalue weighted by Gasteiger charge is -2.41. The van der Waals surface area contributed by atoms with Gasteiger partial charge in [0.2, 0.25) is 23.6 Å². The van der Waals surface area contributed by atoms with Gasteiger partial charge in [0.1, 0.15) is 25.0 Å². The molecule has 2 rings (SSSR count). The highest BCUT2D eigenvalue weighted by molar-refractivity contribution is 5.90. The van der Waals surface area contributed by atoms with Crippen molar-refractivity contribution >= 4 is 41.9 Å². The number of nitrogens with zero attached hydrogens (tertiary/aromatic N) is 4. The minimum atomic E-state index is -1.13. The molecule has 4 amide bonds. The third-order valence-corrected chi connectivity index (χ3v) is 12.9. The number of aldehydes is 1. The molecule has 0 saturated carbocycles. The smallest absolute Gasteiger partial charge is 0.329 e. The number of likely N-dealkylation sites (tertiary alicyclic amines) is 1. The highest BCUT2D eigenvalue weighted by atomic mass is 16.5. The molecule has 1 aliphatic heterocycles. The SMILES string of the molecule is CCC(C)C(C(CC(=O)N1CCCC1C(OC)C(C)C(=O)NC(Cc1ccccc1)C(=O)OCCN(CC=O)CC(=O)O)OC)N(C)C(=O)[C@@H](NC(=O)C(C(C)C)N(C)C(C)C)C(C)C. The average Bonchev–Trinajstić information content (AvgIpc) is 3.74. The van der Waals surface area contributed by atoms with E-state index < -0.39 is 72.7 Å². The van der Waals surface area contributed by atoms with E-state index in [4.69, 9.17) is 14.2 Å². The molecule has 1 aromatic rings. The number of hydrogen-bond acceptors (Lipinski definition) is 12. The molecule has 1 fully saturated rings. The Morgan fingerprint density at radius 1 is 0.908 bits per heavy atom. The second kappa shape index (κ2) is 27.9. The van der Waals surface area contributed by atoms with Crippen LogP contribution in [0.3, 0.4) is 0 Å². The zero-order valence-corrected chi connectivity index (χ0v) is 41.3. The van der Waals surface area contributed by atoms with Gasteiger partial charge in [0, 0.05) is 46.8 Å². The van der Waals surface area contributed by atoms with Gasteiger partial charge >= 0.3 is 11.9 Å². The van der Waals surface area contributed by atoms with Crippen molar-refractivity contribution in [3.8, 4) is 0 Å². The first-order valence-electron chi connectivity index (χ1n) is 23.2. The minimum absolute atomic E-state index is 0.00210. The molecule has 65 heavy (non-hydrogen) atoms. The number of likely N-dealkylation sites (N-methyl/N-ethyl adjacent to an activating group) is 2. The van der Waals surface area contributed by atoms with Crippen LogP contribution in [-0.4, -0.2) is 176 Å². The summed E-state index contributed by atoms with van der Waals surface area (Å²) in [5.74, 6) is -4.18. The third-order valence-electron chi connectivity index (χ3n) is 12.9. The summed E-state index contributed by atoms with van der Waals surface area (Å²) in [6.07, 6.45) is 1.10. The number of aliphatic carboxylic acids is 1. The summed E-state index contributed by atoms with van der Waals surface area (Å²) in [5, 5.41) is 15.1. The molecule has 9 atom stereocenters. The molecule has 1 aromatic carbocycles. The lowest BCUT2D eigenvalue weighted by atomic mass is 9.89. The Hall–Kier alpha value is -4.45. The predicted molar refractivity (Wildman–Crippen MR) is 248 cm³/mol. The van der Waals surface area contributed by atoms with Crippen LogP contribution in [-0.2, 0) is 54.2 Å². The quantitative estimate of drug-likeness (QED) is 0.0782. The van der Waals surface area contributed by atoms with E-state index in [-0.39, 0.29) is 74.1 Å². The Kier molecular flexibility index (Phi) is 24.3. The first kappa shape index (κ1) is 56.7. The summed E-state index contributed by atoms with van der Waals surface area (Å²) in [5.41, 5.74) is 0.765. The fraction of sp³-hybridized carbons (Fsp3) is 0.729. The number of ether oxygens (including phenoxy) is 3. The number of hydrogen-bond donors (Lipinski definition) is 3. The molecular formula is C48H80N6O11. The third kappa shape index (κ3) is 16.7. The summed E-state index contributed by atoms with van der Waals surface area (Å²) in [4.78, 5) is 99.2. The number of amides is 4. The molecule has 0 aliphatic carbocycles. The summed E-state index contributed by atoms with van der Waals surface area (Å²) >= 11 is 0. The molecule has 8 unspecified atom stereocenters. The maximum atomic E-state index is 14.4. The number of benzene rings is 1. The number of carbonyl (C=O) groups excluding carboxylic acids is 6. The molecule has 3 N–H and O–H groups in total. The van der Waals surface area contributed by atoms with Crippen molar-refractivity contribution in [1.29, 1.82) is 0 Å². The van der Waals surface area contributed by atoms with Crippen molar-refractivity contribution in [3.63, 3.8) is 0 Å². The van der Waals surface area contributed by atoms with E-state index in [1.165, 1.54) is 19.1 Å². The number of carboxylic acids is 1. The van der Waals surface area contributed by atoms with Crippen LogP contribution in [0.15, 0.2) is 30.3 Å². The van der Waals surface area contributed by atoms with Crippen LogP contribution in [0, 0.1) is 23.7 Å². The van der Waals surface area contributed by atoms with Crippen LogP contribution in [0.25, 0.3) is 0 Å². The van der Waals surface area contributed by atoms with Crippen LogP contribution >= 0.6 is 0 Å². The predicted octanol–water partition coefficient (Wildman–Crippen LogP) is 3.27. The van der Waals surface area contributed by atoms with Crippen LogP contribution in [0.5, 0.6) is 0 Å². The molecule has 368 valence electrons. The van der Waals surface area contributed by atoms with Crippen LogP contribution < -0.4 is 10.6 Å². The first-order valence-corrected chi connectivity index (χ1v) is 23.2. The number of nitrogens with one attached hydrogen (secondary N) is 2. The Labute approximate surface area is 387 Å². The molecule has 0 spiro atoms. The van der Waals surface area contributed by atoms with E-state index in [1.807, 2.05) is 97.7 Å². The van der Waals surface area contributed by atoms with Crippen molar-refractivity contribution in [1.82, 2.24) is 30.2 Å². The van der Waals surface area contributed by atoms with Crippen molar-refractivity contribution in [2.75, 3.05) is 61.1 Å². The summed E-state index contributed by atoms with van der Waals surface area (Å²) in [7, 11) is 6.63. The van der Waals surface area contributed by atoms with E-state index in [0.29, 0.717) is 32.1 Å². The van der Waals surface area contributed by atoms with Gasteiger partial charge in [-0.2, -0.15) is 0 Å². The van der Waals surface area contributed by atoms with Gasteiger partial charge in [-0.1, -0.05) is 85.2 Å². The highest BCUT2D eigenvalue weighted by Gasteiger charge is 2.44. The first-order chi connectivity index (χ1) is 30.6. The van der Waals surface area contributed by atoms with E-state index in [0.717, 1.165) is 5.56 Å².